The van der Waals surface area contributed by atoms with Gasteiger partial charge in [-0.15, -0.1) is 0 Å². The Labute approximate surface area is 160 Å². The maximum Gasteiger partial charge on any atom is 0.226 e. The Morgan fingerprint density at radius 1 is 1.16 bits per heavy atom. The number of hydrogen-bond donors (Lipinski definition) is 0. The van der Waals surface area contributed by atoms with Gasteiger partial charge in [-0.1, -0.05) is 67.4 Å². The molecular formula is C20H26Cl2N2O. The van der Waals surface area contributed by atoms with Crippen LogP contribution in [0.5, 0.6) is 0 Å². The Morgan fingerprint density at radius 2 is 1.80 bits per heavy atom. The van der Waals surface area contributed by atoms with Gasteiger partial charge in [0.15, 0.2) is 0 Å². The predicted molar refractivity (Wildman–Crippen MR) is 103 cm³/mol. The van der Waals surface area contributed by atoms with Crippen molar-refractivity contribution in [1.82, 2.24) is 9.80 Å². The summed E-state index contributed by atoms with van der Waals surface area (Å²) in [6.45, 7) is 8.74. The van der Waals surface area contributed by atoms with Gasteiger partial charge in [0, 0.05) is 38.6 Å². The minimum Gasteiger partial charge on any atom is -0.340 e. The second-order valence-electron chi connectivity index (χ2n) is 7.47. The monoisotopic (exact) mass is 380 g/mol. The van der Waals surface area contributed by atoms with Crippen LogP contribution in [0.25, 0.3) is 0 Å². The first kappa shape index (κ1) is 18.8. The lowest BCUT2D eigenvalue weighted by Gasteiger charge is -2.35. The van der Waals surface area contributed by atoms with Gasteiger partial charge in [0.05, 0.1) is 0 Å². The minimum atomic E-state index is 0.0492. The molecule has 25 heavy (non-hydrogen) atoms. The predicted octanol–water partition coefficient (Wildman–Crippen LogP) is 4.17. The van der Waals surface area contributed by atoms with Gasteiger partial charge in [0.1, 0.15) is 4.49 Å². The molecule has 1 aliphatic carbocycles. The summed E-state index contributed by atoms with van der Waals surface area (Å²) in [5.41, 5.74) is 1.33. The third-order valence-corrected chi connectivity index (χ3v) is 5.69. The summed E-state index contributed by atoms with van der Waals surface area (Å²) in [5, 5.41) is 0. The molecular weight excluding hydrogens is 355 g/mol. The van der Waals surface area contributed by atoms with E-state index < -0.39 is 0 Å². The molecule has 1 amide bonds. The van der Waals surface area contributed by atoms with E-state index in [-0.39, 0.29) is 22.2 Å². The van der Waals surface area contributed by atoms with E-state index >= 15 is 0 Å². The quantitative estimate of drug-likeness (QED) is 0.765. The van der Waals surface area contributed by atoms with Crippen LogP contribution in [0.1, 0.15) is 19.4 Å². The smallest absolute Gasteiger partial charge is 0.226 e. The maximum atomic E-state index is 12.9. The Balaban J connectivity index is 1.54. The lowest BCUT2D eigenvalue weighted by Crippen LogP contribution is -2.49. The zero-order valence-electron chi connectivity index (χ0n) is 14.9. The molecule has 1 aliphatic heterocycles. The first-order valence-electron chi connectivity index (χ1n) is 9.05. The van der Waals surface area contributed by atoms with Gasteiger partial charge >= 0.3 is 0 Å². The molecule has 3 rings (SSSR count). The highest BCUT2D eigenvalue weighted by Gasteiger charge is 2.55. The molecule has 3 atom stereocenters. The first-order chi connectivity index (χ1) is 12.0. The number of amides is 1. The number of piperazine rings is 1. The minimum absolute atomic E-state index is 0.0492. The van der Waals surface area contributed by atoms with Crippen molar-refractivity contribution < 1.29 is 4.79 Å². The average Bonchev–Trinajstić information content (AvgIpc) is 3.29. The molecule has 5 heteroatoms. The maximum absolute atomic E-state index is 12.9. The first-order valence-corrected chi connectivity index (χ1v) is 9.81. The number of carbonyl (C=O) groups is 1. The molecule has 3 unspecified atom stereocenters. The molecule has 0 bridgehead atoms. The van der Waals surface area contributed by atoms with Crippen LogP contribution in [0.3, 0.4) is 0 Å². The van der Waals surface area contributed by atoms with E-state index in [0.29, 0.717) is 11.8 Å². The van der Waals surface area contributed by atoms with Gasteiger partial charge in [0.25, 0.3) is 0 Å². The van der Waals surface area contributed by atoms with Crippen LogP contribution in [0.15, 0.2) is 40.9 Å². The van der Waals surface area contributed by atoms with Gasteiger partial charge in [-0.25, -0.2) is 0 Å². The molecule has 1 aromatic carbocycles. The molecule has 2 aliphatic rings. The molecule has 1 heterocycles. The molecule has 136 valence electrons. The summed E-state index contributed by atoms with van der Waals surface area (Å²) in [4.78, 5) is 17.4. The summed E-state index contributed by atoms with van der Waals surface area (Å²) in [7, 11) is 0. The zero-order chi connectivity index (χ0) is 18.0. The van der Waals surface area contributed by atoms with Gasteiger partial charge in [-0.3, -0.25) is 9.69 Å². The number of rotatable bonds is 5. The number of carbonyl (C=O) groups excluding carboxylic acids is 1. The van der Waals surface area contributed by atoms with E-state index in [1.54, 1.807) is 0 Å². The SMILES string of the molecule is CC(C)C1C(C=C(Cl)Cl)C1C(=O)N1CCN(Cc2ccccc2)CC1. The lowest BCUT2D eigenvalue weighted by molar-refractivity contribution is -0.135. The normalized spacial score (nSPS) is 26.6. The molecule has 0 radical (unpaired) electrons. The van der Waals surface area contributed by atoms with Gasteiger partial charge < -0.3 is 4.90 Å². The Hall–Kier alpha value is -1.03. The van der Waals surface area contributed by atoms with Crippen LogP contribution in [0.4, 0.5) is 0 Å². The molecule has 3 nitrogen and oxygen atoms in total. The Bertz CT molecular complexity index is 620. The molecule has 0 aromatic heterocycles. The van der Waals surface area contributed by atoms with Crippen molar-refractivity contribution in [3.05, 3.63) is 46.5 Å². The van der Waals surface area contributed by atoms with E-state index in [4.69, 9.17) is 23.2 Å². The molecule has 0 spiro atoms. The second kappa shape index (κ2) is 8.11. The van der Waals surface area contributed by atoms with Crippen molar-refractivity contribution in [3.8, 4) is 0 Å². The average molecular weight is 381 g/mol. The van der Waals surface area contributed by atoms with Crippen LogP contribution >= 0.6 is 23.2 Å². The highest BCUT2D eigenvalue weighted by molar-refractivity contribution is 6.55. The molecule has 1 aromatic rings. The number of halogens is 2. The zero-order valence-corrected chi connectivity index (χ0v) is 16.4. The molecule has 1 saturated carbocycles. The van der Waals surface area contributed by atoms with E-state index in [0.717, 1.165) is 32.7 Å². The summed E-state index contributed by atoms with van der Waals surface area (Å²) in [6.07, 6.45) is 1.85. The van der Waals surface area contributed by atoms with Gasteiger partial charge in [-0.2, -0.15) is 0 Å². The van der Waals surface area contributed by atoms with E-state index in [9.17, 15) is 4.79 Å². The summed E-state index contributed by atoms with van der Waals surface area (Å²) >= 11 is 11.7. The van der Waals surface area contributed by atoms with Crippen LogP contribution in [0.2, 0.25) is 0 Å². The van der Waals surface area contributed by atoms with Crippen molar-refractivity contribution in [3.63, 3.8) is 0 Å². The summed E-state index contributed by atoms with van der Waals surface area (Å²) in [5.74, 6) is 1.34. The third-order valence-electron chi connectivity index (χ3n) is 5.44. The van der Waals surface area contributed by atoms with Crippen LogP contribution in [-0.2, 0) is 11.3 Å². The number of hydrogen-bond acceptors (Lipinski definition) is 2. The van der Waals surface area contributed by atoms with E-state index in [1.807, 2.05) is 17.0 Å². The third kappa shape index (κ3) is 4.58. The fourth-order valence-corrected chi connectivity index (χ4v) is 4.38. The summed E-state index contributed by atoms with van der Waals surface area (Å²) in [6, 6.07) is 10.5. The van der Waals surface area contributed by atoms with Crippen molar-refractivity contribution >= 4 is 29.1 Å². The Morgan fingerprint density at radius 3 is 2.36 bits per heavy atom. The van der Waals surface area contributed by atoms with E-state index in [1.165, 1.54) is 5.56 Å². The fraction of sp³-hybridized carbons (Fsp3) is 0.550. The van der Waals surface area contributed by atoms with Gasteiger partial charge in [0.2, 0.25) is 5.91 Å². The summed E-state index contributed by atoms with van der Waals surface area (Å²) < 4.78 is 0.277. The fourth-order valence-electron chi connectivity index (χ4n) is 4.09. The standard InChI is InChI=1S/C20H26Cl2N2O/c1-14(2)18-16(12-17(21)22)19(18)20(25)24-10-8-23(9-11-24)13-15-6-4-3-5-7-15/h3-7,12,14,16,18-19H,8-11,13H2,1-2H3. The molecule has 0 N–H and O–H groups in total. The Kier molecular flexibility index (Phi) is 6.08. The van der Waals surface area contributed by atoms with Crippen molar-refractivity contribution in [1.29, 1.82) is 0 Å². The van der Waals surface area contributed by atoms with Crippen LogP contribution in [0, 0.1) is 23.7 Å². The number of allylic oxidation sites excluding steroid dienone is 1. The largest absolute Gasteiger partial charge is 0.340 e. The highest BCUT2D eigenvalue weighted by Crippen LogP contribution is 2.53. The van der Waals surface area contributed by atoms with Crippen molar-refractivity contribution in [2.24, 2.45) is 23.7 Å². The van der Waals surface area contributed by atoms with Crippen LogP contribution < -0.4 is 0 Å². The van der Waals surface area contributed by atoms with Crippen molar-refractivity contribution in [2.45, 2.75) is 20.4 Å². The number of nitrogens with zero attached hydrogens (tertiary/aromatic N) is 2. The topological polar surface area (TPSA) is 23.6 Å². The van der Waals surface area contributed by atoms with Crippen molar-refractivity contribution in [2.75, 3.05) is 26.2 Å². The molecule has 2 fully saturated rings. The van der Waals surface area contributed by atoms with Gasteiger partial charge in [-0.05, 0) is 29.4 Å². The lowest BCUT2D eigenvalue weighted by atomic mass is 10.1. The van der Waals surface area contributed by atoms with E-state index in [2.05, 4.69) is 43.0 Å². The highest BCUT2D eigenvalue weighted by atomic mass is 35.5. The second-order valence-corrected chi connectivity index (χ2v) is 8.48. The number of benzene rings is 1. The van der Waals surface area contributed by atoms with Crippen LogP contribution in [-0.4, -0.2) is 41.9 Å². The molecule has 1 saturated heterocycles.